The molecular formula is C12H17NaOSi. The average molecular weight is 228 g/mol. The van der Waals surface area contributed by atoms with Crippen LogP contribution in [0.5, 0.6) is 0 Å². The molecule has 0 spiro atoms. The van der Waals surface area contributed by atoms with Gasteiger partial charge in [-0.2, -0.15) is 0 Å². The minimum atomic E-state index is -1.24. The second-order valence-electron chi connectivity index (χ2n) is 3.58. The van der Waals surface area contributed by atoms with E-state index in [0.29, 0.717) is 0 Å². The Morgan fingerprint density at radius 2 is 1.67 bits per heavy atom. The first-order valence-electron chi connectivity index (χ1n) is 5.24. The summed E-state index contributed by atoms with van der Waals surface area (Å²) in [6.07, 6.45) is 15.4. The van der Waals surface area contributed by atoms with Gasteiger partial charge in [0.25, 0.3) is 0 Å². The van der Waals surface area contributed by atoms with Crippen molar-refractivity contribution in [1.29, 1.82) is 0 Å². The Balaban J connectivity index is 0.00000112. The maximum absolute atomic E-state index is 5.93. The Kier molecular flexibility index (Phi) is 5.86. The zero-order chi connectivity index (χ0) is 9.80. The van der Waals surface area contributed by atoms with Crippen molar-refractivity contribution in [2.24, 2.45) is 0 Å². The van der Waals surface area contributed by atoms with Crippen LogP contribution in [0.3, 0.4) is 0 Å². The summed E-state index contributed by atoms with van der Waals surface area (Å²) in [5.74, 6) is 0. The van der Waals surface area contributed by atoms with E-state index < -0.39 is 9.04 Å². The van der Waals surface area contributed by atoms with Crippen molar-refractivity contribution in [3.63, 3.8) is 0 Å². The van der Waals surface area contributed by atoms with E-state index in [4.69, 9.17) is 4.43 Å². The van der Waals surface area contributed by atoms with E-state index in [0.717, 1.165) is 19.4 Å². The fourth-order valence-corrected chi connectivity index (χ4v) is 4.45. The van der Waals surface area contributed by atoms with Crippen LogP contribution in [0.1, 0.15) is 19.8 Å². The molecule has 0 aliphatic heterocycles. The third-order valence-corrected chi connectivity index (χ3v) is 5.48. The molecule has 1 nitrogen and oxygen atoms in total. The van der Waals surface area contributed by atoms with Crippen molar-refractivity contribution in [2.75, 3.05) is 6.61 Å². The molecule has 0 bridgehead atoms. The van der Waals surface area contributed by atoms with Gasteiger partial charge < -0.3 is 4.43 Å². The van der Waals surface area contributed by atoms with Crippen molar-refractivity contribution < 1.29 is 4.43 Å². The summed E-state index contributed by atoms with van der Waals surface area (Å²) in [5.41, 5.74) is 0. The van der Waals surface area contributed by atoms with Crippen molar-refractivity contribution in [3.8, 4) is 0 Å². The van der Waals surface area contributed by atoms with Crippen LogP contribution in [-0.4, -0.2) is 45.2 Å². The molecule has 0 radical (unpaired) electrons. The van der Waals surface area contributed by atoms with Crippen LogP contribution in [0.2, 0.25) is 0 Å². The van der Waals surface area contributed by atoms with Crippen LogP contribution in [0, 0.1) is 0 Å². The Morgan fingerprint density at radius 3 is 2.00 bits per heavy atom. The minimum absolute atomic E-state index is 0. The first-order valence-corrected chi connectivity index (χ1v) is 6.87. The molecule has 0 saturated heterocycles. The molecule has 0 amide bonds. The quantitative estimate of drug-likeness (QED) is 0.668. The molecule has 0 saturated carbocycles. The molecule has 3 heteroatoms. The zero-order valence-electron chi connectivity index (χ0n) is 8.57. The molecule has 0 aromatic rings. The number of hydrogen-bond acceptors (Lipinski definition) is 1. The standard InChI is InChI=1S/C12H16OSi.Na.H/c1-2-13-14(11-7-3-4-8-11)12-9-5-6-10-12;;/h3-7,9,14H,2,8,10H2,1H3;;. The molecular weight excluding hydrogens is 211 g/mol. The normalized spacial score (nSPS) is 18.0. The molecule has 0 N–H and O–H groups in total. The number of allylic oxidation sites excluding steroid dienone is 8. The molecule has 0 unspecified atom stereocenters. The maximum atomic E-state index is 5.93. The Labute approximate surface area is 116 Å². The SMILES string of the molecule is CCO[SiH](C1=CC=CC1)C1=CC=CC1.[NaH]. The van der Waals surface area contributed by atoms with Crippen LogP contribution in [0.25, 0.3) is 0 Å². The fraction of sp³-hybridized carbons (Fsp3) is 0.333. The van der Waals surface area contributed by atoms with Gasteiger partial charge in [0.05, 0.1) is 0 Å². The van der Waals surface area contributed by atoms with Gasteiger partial charge in [0, 0.05) is 6.61 Å². The molecule has 0 fully saturated rings. The van der Waals surface area contributed by atoms with E-state index in [1.165, 1.54) is 10.4 Å². The van der Waals surface area contributed by atoms with Gasteiger partial charge in [-0.05, 0) is 30.2 Å². The zero-order valence-corrected chi connectivity index (χ0v) is 9.73. The summed E-state index contributed by atoms with van der Waals surface area (Å²) < 4.78 is 5.93. The van der Waals surface area contributed by atoms with Crippen molar-refractivity contribution >= 4 is 38.6 Å². The monoisotopic (exact) mass is 228 g/mol. The first kappa shape index (κ1) is 13.2. The summed E-state index contributed by atoms with van der Waals surface area (Å²) in [6, 6.07) is 0. The van der Waals surface area contributed by atoms with E-state index in [9.17, 15) is 0 Å². The van der Waals surface area contributed by atoms with Gasteiger partial charge in [0.1, 0.15) is 0 Å². The summed E-state index contributed by atoms with van der Waals surface area (Å²) in [6.45, 7) is 2.93. The van der Waals surface area contributed by atoms with Crippen molar-refractivity contribution in [1.82, 2.24) is 0 Å². The van der Waals surface area contributed by atoms with Gasteiger partial charge in [0.2, 0.25) is 9.04 Å². The van der Waals surface area contributed by atoms with Gasteiger partial charge in [-0.15, -0.1) is 0 Å². The molecule has 15 heavy (non-hydrogen) atoms. The third-order valence-electron chi connectivity index (χ3n) is 2.61. The van der Waals surface area contributed by atoms with Gasteiger partial charge >= 0.3 is 29.6 Å². The fourth-order valence-electron chi connectivity index (χ4n) is 1.94. The number of rotatable bonds is 4. The predicted molar refractivity (Wildman–Crippen MR) is 69.6 cm³/mol. The van der Waals surface area contributed by atoms with E-state index in [1.54, 1.807) is 0 Å². The van der Waals surface area contributed by atoms with Crippen LogP contribution in [0.15, 0.2) is 46.8 Å². The average Bonchev–Trinajstić information content (AvgIpc) is 2.87. The summed E-state index contributed by atoms with van der Waals surface area (Å²) in [4.78, 5) is 0. The van der Waals surface area contributed by atoms with Gasteiger partial charge in [-0.25, -0.2) is 0 Å². The summed E-state index contributed by atoms with van der Waals surface area (Å²) >= 11 is 0. The van der Waals surface area contributed by atoms with Crippen molar-refractivity contribution in [2.45, 2.75) is 19.8 Å². The van der Waals surface area contributed by atoms with E-state index in [-0.39, 0.29) is 29.6 Å². The summed E-state index contributed by atoms with van der Waals surface area (Å²) in [5, 5.41) is 3.06. The predicted octanol–water partition coefficient (Wildman–Crippen LogP) is 1.95. The van der Waals surface area contributed by atoms with Crippen LogP contribution in [-0.2, 0) is 4.43 Å². The molecule has 0 heterocycles. The second-order valence-corrected chi connectivity index (χ2v) is 6.16. The molecule has 0 atom stereocenters. The van der Waals surface area contributed by atoms with Gasteiger partial charge in [0.15, 0.2) is 0 Å². The van der Waals surface area contributed by atoms with Gasteiger partial charge in [-0.3, -0.25) is 0 Å². The molecule has 2 rings (SSSR count). The molecule has 76 valence electrons. The van der Waals surface area contributed by atoms with E-state index in [2.05, 4.69) is 43.4 Å². The first-order chi connectivity index (χ1) is 6.92. The van der Waals surface area contributed by atoms with Crippen LogP contribution < -0.4 is 0 Å². The van der Waals surface area contributed by atoms with Crippen LogP contribution in [0.4, 0.5) is 0 Å². The van der Waals surface area contributed by atoms with Crippen molar-refractivity contribution in [3.05, 3.63) is 46.8 Å². The molecule has 0 aromatic carbocycles. The molecule has 2 aliphatic carbocycles. The van der Waals surface area contributed by atoms with E-state index in [1.807, 2.05) is 0 Å². The van der Waals surface area contributed by atoms with Gasteiger partial charge in [-0.1, -0.05) is 36.5 Å². The topological polar surface area (TPSA) is 9.23 Å². The van der Waals surface area contributed by atoms with E-state index >= 15 is 0 Å². The number of hydrogen-bond donors (Lipinski definition) is 0. The third kappa shape index (κ3) is 3.30. The Bertz CT molecular complexity index is 299. The molecule has 0 aromatic heterocycles. The second kappa shape index (κ2) is 6.66. The summed E-state index contributed by atoms with van der Waals surface area (Å²) in [7, 11) is -1.24. The van der Waals surface area contributed by atoms with Crippen LogP contribution >= 0.6 is 0 Å². The Hall–Kier alpha value is 0.137. The molecule has 2 aliphatic rings. The Morgan fingerprint density at radius 1 is 1.13 bits per heavy atom.